The molecule has 0 aliphatic heterocycles. The molecule has 0 saturated heterocycles. The predicted molar refractivity (Wildman–Crippen MR) is 99.7 cm³/mol. The summed E-state index contributed by atoms with van der Waals surface area (Å²) in [6.45, 7) is 0.0779. The summed E-state index contributed by atoms with van der Waals surface area (Å²) in [7, 11) is -0.826. The summed E-state index contributed by atoms with van der Waals surface area (Å²) in [4.78, 5) is 13.4. The predicted octanol–water partition coefficient (Wildman–Crippen LogP) is 3.67. The van der Waals surface area contributed by atoms with Gasteiger partial charge in [-0.1, -0.05) is 23.7 Å². The number of benzene rings is 2. The zero-order valence-electron chi connectivity index (χ0n) is 14.0. The third kappa shape index (κ3) is 4.76. The standard InChI is InChI=1S/C17H18ClNO4S2/c1-19(2)25(21,22)14-8-9-16(18)15(10-14)17(20)23-11-12-4-6-13(24-3)7-5-12/h4-10H,11H2,1-3H3. The Morgan fingerprint density at radius 1 is 1.16 bits per heavy atom. The van der Waals surface area contributed by atoms with Crippen molar-refractivity contribution in [2.75, 3.05) is 20.4 Å². The Kier molecular flexibility index (Phi) is 6.51. The number of thioether (sulfide) groups is 1. The quantitative estimate of drug-likeness (QED) is 0.547. The molecule has 0 heterocycles. The Bertz CT molecular complexity index is 865. The van der Waals surface area contributed by atoms with Gasteiger partial charge in [0.05, 0.1) is 15.5 Å². The van der Waals surface area contributed by atoms with Crippen LogP contribution < -0.4 is 0 Å². The first-order valence-corrected chi connectivity index (χ1v) is 10.3. The fraction of sp³-hybridized carbons (Fsp3) is 0.235. The summed E-state index contributed by atoms with van der Waals surface area (Å²) in [6.07, 6.45) is 1.98. The molecule has 0 spiro atoms. The number of ether oxygens (including phenoxy) is 1. The van der Waals surface area contributed by atoms with Crippen molar-refractivity contribution in [2.24, 2.45) is 0 Å². The van der Waals surface area contributed by atoms with Gasteiger partial charge in [-0.3, -0.25) is 0 Å². The van der Waals surface area contributed by atoms with E-state index in [1.807, 2.05) is 30.5 Å². The number of halogens is 1. The highest BCUT2D eigenvalue weighted by Crippen LogP contribution is 2.23. The highest BCUT2D eigenvalue weighted by atomic mass is 35.5. The molecule has 0 N–H and O–H groups in total. The van der Waals surface area contributed by atoms with E-state index in [1.54, 1.807) is 11.8 Å². The second kappa shape index (κ2) is 8.23. The average Bonchev–Trinajstić information content (AvgIpc) is 2.60. The monoisotopic (exact) mass is 399 g/mol. The van der Waals surface area contributed by atoms with Crippen LogP contribution in [0.4, 0.5) is 0 Å². The molecule has 0 aromatic heterocycles. The molecule has 0 unspecified atom stereocenters. The number of sulfonamides is 1. The molecule has 2 rings (SSSR count). The topological polar surface area (TPSA) is 63.7 Å². The van der Waals surface area contributed by atoms with E-state index >= 15 is 0 Å². The van der Waals surface area contributed by atoms with Crippen LogP contribution in [0.25, 0.3) is 0 Å². The maximum Gasteiger partial charge on any atom is 0.340 e. The van der Waals surface area contributed by atoms with Crippen LogP contribution in [0.15, 0.2) is 52.3 Å². The minimum Gasteiger partial charge on any atom is -0.457 e. The normalized spacial score (nSPS) is 11.6. The van der Waals surface area contributed by atoms with Crippen LogP contribution in [0.5, 0.6) is 0 Å². The van der Waals surface area contributed by atoms with Gasteiger partial charge >= 0.3 is 5.97 Å². The molecule has 2 aromatic rings. The molecule has 8 heteroatoms. The maximum absolute atomic E-state index is 12.3. The smallest absolute Gasteiger partial charge is 0.340 e. The van der Waals surface area contributed by atoms with Crippen LogP contribution in [-0.2, 0) is 21.4 Å². The lowest BCUT2D eigenvalue weighted by Gasteiger charge is -2.13. The van der Waals surface area contributed by atoms with Crippen LogP contribution in [0, 0.1) is 0 Å². The molecule has 134 valence electrons. The molecule has 0 fully saturated rings. The number of esters is 1. The highest BCUT2D eigenvalue weighted by molar-refractivity contribution is 7.98. The molecular formula is C17H18ClNO4S2. The first-order valence-electron chi connectivity index (χ1n) is 7.28. The molecule has 0 bridgehead atoms. The van der Waals surface area contributed by atoms with Gasteiger partial charge in [0.25, 0.3) is 0 Å². The summed E-state index contributed by atoms with van der Waals surface area (Å²) in [5, 5.41) is 0.139. The number of hydrogen-bond donors (Lipinski definition) is 0. The first kappa shape index (κ1) is 19.8. The van der Waals surface area contributed by atoms with Gasteiger partial charge in [-0.2, -0.15) is 0 Å². The fourth-order valence-electron chi connectivity index (χ4n) is 1.98. The van der Waals surface area contributed by atoms with Crippen molar-refractivity contribution in [3.63, 3.8) is 0 Å². The summed E-state index contributed by atoms with van der Waals surface area (Å²) >= 11 is 7.65. The van der Waals surface area contributed by atoms with Gasteiger partial charge in [0.15, 0.2) is 0 Å². The SMILES string of the molecule is CSc1ccc(COC(=O)c2cc(S(=O)(=O)N(C)C)ccc2Cl)cc1. The Balaban J connectivity index is 2.18. The van der Waals surface area contributed by atoms with E-state index in [9.17, 15) is 13.2 Å². The van der Waals surface area contributed by atoms with Crippen molar-refractivity contribution in [3.05, 3.63) is 58.6 Å². The van der Waals surface area contributed by atoms with E-state index in [2.05, 4.69) is 0 Å². The van der Waals surface area contributed by atoms with E-state index in [0.717, 1.165) is 14.8 Å². The van der Waals surface area contributed by atoms with Crippen LogP contribution in [-0.4, -0.2) is 39.0 Å². The number of carbonyl (C=O) groups is 1. The van der Waals surface area contributed by atoms with Gasteiger partial charge in [-0.15, -0.1) is 11.8 Å². The van der Waals surface area contributed by atoms with Crippen molar-refractivity contribution < 1.29 is 17.9 Å². The molecule has 5 nitrogen and oxygen atoms in total. The van der Waals surface area contributed by atoms with Gasteiger partial charge in [0, 0.05) is 19.0 Å². The van der Waals surface area contributed by atoms with Crippen molar-refractivity contribution in [2.45, 2.75) is 16.4 Å². The average molecular weight is 400 g/mol. The molecule has 0 aliphatic carbocycles. The van der Waals surface area contributed by atoms with Gasteiger partial charge in [0.2, 0.25) is 10.0 Å². The largest absolute Gasteiger partial charge is 0.457 e. The van der Waals surface area contributed by atoms with Crippen molar-refractivity contribution >= 4 is 39.4 Å². The lowest BCUT2D eigenvalue weighted by Crippen LogP contribution is -2.22. The van der Waals surface area contributed by atoms with Gasteiger partial charge in [0.1, 0.15) is 6.61 Å². The second-order valence-electron chi connectivity index (χ2n) is 5.35. The first-order chi connectivity index (χ1) is 11.8. The molecular weight excluding hydrogens is 382 g/mol. The third-order valence-corrected chi connectivity index (χ3v) is 6.35. The van der Waals surface area contributed by atoms with E-state index in [1.165, 1.54) is 32.3 Å². The van der Waals surface area contributed by atoms with Crippen LogP contribution >= 0.6 is 23.4 Å². The third-order valence-electron chi connectivity index (χ3n) is 3.47. The summed E-state index contributed by atoms with van der Waals surface area (Å²) in [6, 6.07) is 11.6. The molecule has 0 amide bonds. The Labute approximate surface area is 157 Å². The number of nitrogens with zero attached hydrogens (tertiary/aromatic N) is 1. The second-order valence-corrected chi connectivity index (χ2v) is 8.79. The van der Waals surface area contributed by atoms with Gasteiger partial charge in [-0.25, -0.2) is 17.5 Å². The Morgan fingerprint density at radius 2 is 1.80 bits per heavy atom. The summed E-state index contributed by atoms with van der Waals surface area (Å²) < 4.78 is 30.7. The molecule has 0 aliphatic rings. The maximum atomic E-state index is 12.3. The molecule has 2 aromatic carbocycles. The van der Waals surface area contributed by atoms with E-state index in [-0.39, 0.29) is 22.1 Å². The fourth-order valence-corrected chi connectivity index (χ4v) is 3.51. The van der Waals surface area contributed by atoms with E-state index < -0.39 is 16.0 Å². The molecule has 0 atom stereocenters. The Morgan fingerprint density at radius 3 is 2.36 bits per heavy atom. The molecule has 0 saturated carbocycles. The number of hydrogen-bond acceptors (Lipinski definition) is 5. The van der Waals surface area contributed by atoms with Crippen molar-refractivity contribution in [1.82, 2.24) is 4.31 Å². The lowest BCUT2D eigenvalue weighted by molar-refractivity contribution is 0.0472. The Hall–Kier alpha value is -1.54. The van der Waals surface area contributed by atoms with Crippen LogP contribution in [0.3, 0.4) is 0 Å². The van der Waals surface area contributed by atoms with E-state index in [4.69, 9.17) is 16.3 Å². The van der Waals surface area contributed by atoms with Crippen LogP contribution in [0.1, 0.15) is 15.9 Å². The van der Waals surface area contributed by atoms with Gasteiger partial charge < -0.3 is 4.74 Å². The summed E-state index contributed by atoms with van der Waals surface area (Å²) in [5.41, 5.74) is 0.852. The lowest BCUT2D eigenvalue weighted by atomic mass is 10.2. The highest BCUT2D eigenvalue weighted by Gasteiger charge is 2.21. The number of carbonyl (C=O) groups excluding carboxylic acids is 1. The van der Waals surface area contributed by atoms with Gasteiger partial charge in [-0.05, 0) is 42.2 Å². The summed E-state index contributed by atoms with van der Waals surface area (Å²) in [5.74, 6) is -0.672. The zero-order chi connectivity index (χ0) is 18.6. The zero-order valence-corrected chi connectivity index (χ0v) is 16.4. The minimum atomic E-state index is -3.66. The minimum absolute atomic E-state index is 0.0156. The van der Waals surface area contributed by atoms with Crippen molar-refractivity contribution in [1.29, 1.82) is 0 Å². The number of rotatable bonds is 6. The molecule has 25 heavy (non-hydrogen) atoms. The van der Waals surface area contributed by atoms with Crippen molar-refractivity contribution in [3.8, 4) is 0 Å². The van der Waals surface area contributed by atoms with E-state index in [0.29, 0.717) is 0 Å². The van der Waals surface area contributed by atoms with Crippen LogP contribution in [0.2, 0.25) is 5.02 Å². The molecule has 0 radical (unpaired) electrons.